The number of benzene rings is 2. The SMILES string of the molecule is O=C(Oc1ccc(Br)cc1F)C1CCCCN1S(=O)(=O)c1ccccc1. The second-order valence-corrected chi connectivity index (χ2v) is 8.74. The molecule has 1 atom stereocenters. The Bertz CT molecular complexity index is 905. The molecule has 0 saturated carbocycles. The van der Waals surface area contributed by atoms with Crippen molar-refractivity contribution in [1.29, 1.82) is 0 Å². The van der Waals surface area contributed by atoms with Crippen LogP contribution >= 0.6 is 15.9 Å². The number of rotatable bonds is 4. The molecule has 2 aromatic rings. The van der Waals surface area contributed by atoms with Crippen LogP contribution in [0.15, 0.2) is 57.9 Å². The van der Waals surface area contributed by atoms with E-state index in [2.05, 4.69) is 15.9 Å². The molecule has 0 bridgehead atoms. The topological polar surface area (TPSA) is 63.7 Å². The van der Waals surface area contributed by atoms with E-state index >= 15 is 0 Å². The molecular formula is C18H17BrFNO4S. The molecule has 1 aliphatic rings. The smallest absolute Gasteiger partial charge is 0.329 e. The van der Waals surface area contributed by atoms with E-state index < -0.39 is 27.9 Å². The molecule has 3 rings (SSSR count). The Labute approximate surface area is 160 Å². The fraction of sp³-hybridized carbons (Fsp3) is 0.278. The molecular weight excluding hydrogens is 425 g/mol. The summed E-state index contributed by atoms with van der Waals surface area (Å²) in [6.07, 6.45) is 1.69. The van der Waals surface area contributed by atoms with Crippen LogP contribution in [-0.2, 0) is 14.8 Å². The van der Waals surface area contributed by atoms with Crippen LogP contribution in [0.25, 0.3) is 0 Å². The third-order valence-corrected chi connectivity index (χ3v) is 6.60. The zero-order chi connectivity index (χ0) is 18.7. The summed E-state index contributed by atoms with van der Waals surface area (Å²) in [6, 6.07) is 11.0. The van der Waals surface area contributed by atoms with E-state index in [0.29, 0.717) is 23.7 Å². The number of ether oxygens (including phenoxy) is 1. The molecule has 0 radical (unpaired) electrons. The largest absolute Gasteiger partial charge is 0.422 e. The monoisotopic (exact) mass is 441 g/mol. The van der Waals surface area contributed by atoms with Crippen LogP contribution in [-0.4, -0.2) is 31.3 Å². The van der Waals surface area contributed by atoms with Gasteiger partial charge in [0.1, 0.15) is 6.04 Å². The Morgan fingerprint density at radius 1 is 1.15 bits per heavy atom. The summed E-state index contributed by atoms with van der Waals surface area (Å²) in [4.78, 5) is 12.7. The normalized spacial score (nSPS) is 18.5. The molecule has 1 unspecified atom stereocenters. The first kappa shape index (κ1) is 19.0. The van der Waals surface area contributed by atoms with Crippen molar-refractivity contribution < 1.29 is 22.3 Å². The predicted molar refractivity (Wildman–Crippen MR) is 97.7 cm³/mol. The fourth-order valence-corrected chi connectivity index (χ4v) is 4.89. The predicted octanol–water partition coefficient (Wildman–Crippen LogP) is 3.74. The molecule has 8 heteroatoms. The molecule has 5 nitrogen and oxygen atoms in total. The number of halogens is 2. The highest BCUT2D eigenvalue weighted by Crippen LogP contribution is 2.28. The summed E-state index contributed by atoms with van der Waals surface area (Å²) in [7, 11) is -3.83. The summed E-state index contributed by atoms with van der Waals surface area (Å²) in [6.45, 7) is 0.222. The molecule has 0 amide bonds. The highest BCUT2D eigenvalue weighted by Gasteiger charge is 2.39. The van der Waals surface area contributed by atoms with Crippen molar-refractivity contribution in [1.82, 2.24) is 4.31 Å². The van der Waals surface area contributed by atoms with Crippen molar-refractivity contribution in [2.24, 2.45) is 0 Å². The number of sulfonamides is 1. The van der Waals surface area contributed by atoms with Crippen LogP contribution in [0.3, 0.4) is 0 Å². The van der Waals surface area contributed by atoms with Crippen LogP contribution in [0, 0.1) is 5.82 Å². The van der Waals surface area contributed by atoms with E-state index in [-0.39, 0.29) is 17.2 Å². The first-order valence-corrected chi connectivity index (χ1v) is 10.4. The van der Waals surface area contributed by atoms with Gasteiger partial charge in [0.15, 0.2) is 11.6 Å². The van der Waals surface area contributed by atoms with Gasteiger partial charge in [0.2, 0.25) is 10.0 Å². The number of hydrogen-bond acceptors (Lipinski definition) is 4. The van der Waals surface area contributed by atoms with Crippen LogP contribution < -0.4 is 4.74 Å². The lowest BCUT2D eigenvalue weighted by Gasteiger charge is -2.32. The van der Waals surface area contributed by atoms with Gasteiger partial charge in [-0.25, -0.2) is 17.6 Å². The number of nitrogens with zero attached hydrogens (tertiary/aromatic N) is 1. The molecule has 0 aliphatic carbocycles. The minimum absolute atomic E-state index is 0.120. The zero-order valence-electron chi connectivity index (χ0n) is 13.8. The quantitative estimate of drug-likeness (QED) is 0.535. The van der Waals surface area contributed by atoms with Gasteiger partial charge in [-0.15, -0.1) is 0 Å². The Morgan fingerprint density at radius 2 is 1.88 bits per heavy atom. The van der Waals surface area contributed by atoms with Crippen LogP contribution in [0.2, 0.25) is 0 Å². The Kier molecular flexibility index (Phi) is 5.74. The standard InChI is InChI=1S/C18H17BrFNO4S/c19-13-9-10-17(15(20)12-13)25-18(22)16-8-4-5-11-21(16)26(23,24)14-6-2-1-3-7-14/h1-3,6-7,9-10,12,16H,4-5,8,11H2. The van der Waals surface area contributed by atoms with Gasteiger partial charge in [0.25, 0.3) is 0 Å². The molecule has 1 fully saturated rings. The fourth-order valence-electron chi connectivity index (χ4n) is 2.89. The highest BCUT2D eigenvalue weighted by atomic mass is 79.9. The minimum atomic E-state index is -3.83. The van der Waals surface area contributed by atoms with E-state index in [0.717, 1.165) is 4.31 Å². The lowest BCUT2D eigenvalue weighted by atomic mass is 10.1. The zero-order valence-corrected chi connectivity index (χ0v) is 16.2. The summed E-state index contributed by atoms with van der Waals surface area (Å²) < 4.78 is 46.6. The molecule has 26 heavy (non-hydrogen) atoms. The van der Waals surface area contributed by atoms with Crippen LogP contribution in [0.1, 0.15) is 19.3 Å². The van der Waals surface area contributed by atoms with Gasteiger partial charge in [-0.05, 0) is 49.6 Å². The summed E-state index contributed by atoms with van der Waals surface area (Å²) in [5.74, 6) is -1.69. The van der Waals surface area contributed by atoms with E-state index in [1.165, 1.54) is 24.3 Å². The molecule has 138 valence electrons. The molecule has 1 heterocycles. The van der Waals surface area contributed by atoms with Crippen molar-refractivity contribution in [2.75, 3.05) is 6.54 Å². The molecule has 0 aromatic heterocycles. The van der Waals surface area contributed by atoms with Crippen molar-refractivity contribution in [3.63, 3.8) is 0 Å². The number of piperidine rings is 1. The number of esters is 1. The molecule has 0 N–H and O–H groups in total. The summed E-state index contributed by atoms with van der Waals surface area (Å²) in [5, 5.41) is 0. The van der Waals surface area contributed by atoms with E-state index in [4.69, 9.17) is 4.74 Å². The molecule has 1 aliphatic heterocycles. The number of carbonyl (C=O) groups excluding carboxylic acids is 1. The lowest BCUT2D eigenvalue weighted by molar-refractivity contribution is -0.139. The molecule has 2 aromatic carbocycles. The van der Waals surface area contributed by atoms with Crippen molar-refractivity contribution in [2.45, 2.75) is 30.2 Å². The van der Waals surface area contributed by atoms with Crippen LogP contribution in [0.5, 0.6) is 5.75 Å². The maximum atomic E-state index is 13.9. The van der Waals surface area contributed by atoms with Crippen molar-refractivity contribution >= 4 is 31.9 Å². The Morgan fingerprint density at radius 3 is 2.58 bits per heavy atom. The molecule has 0 spiro atoms. The van der Waals surface area contributed by atoms with Gasteiger partial charge in [-0.1, -0.05) is 34.1 Å². The first-order chi connectivity index (χ1) is 12.4. The van der Waals surface area contributed by atoms with Gasteiger partial charge in [-0.3, -0.25) is 0 Å². The van der Waals surface area contributed by atoms with Crippen LogP contribution in [0.4, 0.5) is 4.39 Å². The minimum Gasteiger partial charge on any atom is -0.422 e. The number of carbonyl (C=O) groups is 1. The summed E-state index contributed by atoms with van der Waals surface area (Å²) in [5.41, 5.74) is 0. The van der Waals surface area contributed by atoms with Gasteiger partial charge >= 0.3 is 5.97 Å². The van der Waals surface area contributed by atoms with Gasteiger partial charge in [0.05, 0.1) is 4.90 Å². The average molecular weight is 442 g/mol. The average Bonchev–Trinajstić information content (AvgIpc) is 2.64. The van der Waals surface area contributed by atoms with E-state index in [1.54, 1.807) is 24.3 Å². The van der Waals surface area contributed by atoms with E-state index in [9.17, 15) is 17.6 Å². The summed E-state index contributed by atoms with van der Waals surface area (Å²) >= 11 is 3.13. The highest BCUT2D eigenvalue weighted by molar-refractivity contribution is 9.10. The third-order valence-electron chi connectivity index (χ3n) is 4.18. The Balaban J connectivity index is 1.86. The van der Waals surface area contributed by atoms with E-state index in [1.807, 2.05) is 0 Å². The second-order valence-electron chi connectivity index (χ2n) is 5.94. The maximum Gasteiger partial charge on any atom is 0.329 e. The third kappa shape index (κ3) is 3.97. The maximum absolute atomic E-state index is 13.9. The van der Waals surface area contributed by atoms with Crippen molar-refractivity contribution in [3.05, 3.63) is 58.8 Å². The van der Waals surface area contributed by atoms with Gasteiger partial charge < -0.3 is 4.74 Å². The molecule has 1 saturated heterocycles. The number of hydrogen-bond donors (Lipinski definition) is 0. The Hall–Kier alpha value is -1.77. The van der Waals surface area contributed by atoms with Gasteiger partial charge in [-0.2, -0.15) is 4.31 Å². The van der Waals surface area contributed by atoms with Crippen molar-refractivity contribution in [3.8, 4) is 5.75 Å². The lowest BCUT2D eigenvalue weighted by Crippen LogP contribution is -2.49. The van der Waals surface area contributed by atoms with Gasteiger partial charge in [0, 0.05) is 11.0 Å². The first-order valence-electron chi connectivity index (χ1n) is 8.13. The second kappa shape index (κ2) is 7.85.